The number of alkyl carbamates (subject to hydrolysis) is 1. The Bertz CT molecular complexity index is 1680. The second-order valence-corrected chi connectivity index (χ2v) is 14.4. The van der Waals surface area contributed by atoms with Gasteiger partial charge in [-0.2, -0.15) is 0 Å². The first-order valence-electron chi connectivity index (χ1n) is 17.1. The Kier molecular flexibility index (Phi) is 9.85. The van der Waals surface area contributed by atoms with Gasteiger partial charge in [-0.25, -0.2) is 14.0 Å². The normalized spacial score (nSPS) is 23.2. The number of nitrogens with zero attached hydrogens (tertiary/aromatic N) is 2. The number of H-pyrrole nitrogens is 1. The Balaban J connectivity index is 1.38. The van der Waals surface area contributed by atoms with Crippen LogP contribution in [0.5, 0.6) is 0 Å². The van der Waals surface area contributed by atoms with Crippen molar-refractivity contribution in [3.63, 3.8) is 0 Å². The average molecular weight is 677 g/mol. The molecule has 0 bridgehead atoms. The summed E-state index contributed by atoms with van der Waals surface area (Å²) in [6.45, 7) is 6.80. The molecule has 49 heavy (non-hydrogen) atoms. The van der Waals surface area contributed by atoms with Gasteiger partial charge >= 0.3 is 18.2 Å². The number of amides is 3. The molecule has 1 saturated carbocycles. The smallest absolute Gasteiger partial charge is 0.410 e. The minimum absolute atomic E-state index is 0.0168. The molecule has 1 aliphatic carbocycles. The SMILES string of the molecule is CC(=O)OC1CN(C(=O)C(NC(=O)OC(C)(C)C)C2CCCCC2)C2C1N(C(=O)OCc1ccccc1)C[C@H]2c1c[nH]c2cc(F)ccc12. The fourth-order valence-corrected chi connectivity index (χ4v) is 7.84. The van der Waals surface area contributed by atoms with E-state index in [1.54, 1.807) is 42.8 Å². The van der Waals surface area contributed by atoms with Crippen LogP contribution in [0.4, 0.5) is 14.0 Å². The highest BCUT2D eigenvalue weighted by Crippen LogP contribution is 2.45. The molecule has 2 aliphatic heterocycles. The van der Waals surface area contributed by atoms with Crippen LogP contribution in [0.15, 0.2) is 54.7 Å². The molecule has 1 aromatic heterocycles. The molecule has 3 amide bonds. The zero-order valence-electron chi connectivity index (χ0n) is 28.4. The molecule has 12 heteroatoms. The summed E-state index contributed by atoms with van der Waals surface area (Å²) in [5.74, 6) is -1.84. The van der Waals surface area contributed by atoms with Crippen LogP contribution in [0.1, 0.15) is 76.8 Å². The van der Waals surface area contributed by atoms with Gasteiger partial charge in [0, 0.05) is 36.5 Å². The van der Waals surface area contributed by atoms with Crippen LogP contribution < -0.4 is 5.32 Å². The van der Waals surface area contributed by atoms with Crippen LogP contribution in [0.2, 0.25) is 0 Å². The fraction of sp³-hybridized carbons (Fsp3) is 0.514. The van der Waals surface area contributed by atoms with Crippen molar-refractivity contribution in [1.29, 1.82) is 0 Å². The van der Waals surface area contributed by atoms with Gasteiger partial charge in [-0.1, -0.05) is 49.6 Å². The molecule has 3 aliphatic rings. The Morgan fingerprint density at radius 3 is 2.41 bits per heavy atom. The molecule has 3 aromatic rings. The van der Waals surface area contributed by atoms with Crippen molar-refractivity contribution in [3.05, 3.63) is 71.7 Å². The van der Waals surface area contributed by atoms with E-state index in [4.69, 9.17) is 14.2 Å². The molecule has 2 aromatic carbocycles. The Morgan fingerprint density at radius 1 is 0.980 bits per heavy atom. The Hall–Kier alpha value is -4.61. The van der Waals surface area contributed by atoms with Gasteiger partial charge in [-0.3, -0.25) is 14.5 Å². The summed E-state index contributed by atoms with van der Waals surface area (Å²) in [5.41, 5.74) is 1.41. The zero-order valence-corrected chi connectivity index (χ0v) is 28.4. The lowest BCUT2D eigenvalue weighted by molar-refractivity contribution is -0.148. The number of fused-ring (bicyclic) bond motifs is 2. The zero-order chi connectivity index (χ0) is 34.9. The number of esters is 1. The van der Waals surface area contributed by atoms with E-state index in [1.165, 1.54) is 19.1 Å². The number of benzene rings is 2. The van der Waals surface area contributed by atoms with E-state index in [2.05, 4.69) is 10.3 Å². The third kappa shape index (κ3) is 7.52. The minimum atomic E-state index is -0.885. The van der Waals surface area contributed by atoms with Gasteiger partial charge in [0.05, 0.1) is 18.6 Å². The predicted molar refractivity (Wildman–Crippen MR) is 179 cm³/mol. The monoisotopic (exact) mass is 676 g/mol. The third-order valence-corrected chi connectivity index (χ3v) is 9.81. The molecule has 3 fully saturated rings. The first kappa shape index (κ1) is 34.3. The number of halogens is 1. The summed E-state index contributed by atoms with van der Waals surface area (Å²) in [6, 6.07) is 11.5. The van der Waals surface area contributed by atoms with Crippen molar-refractivity contribution in [2.24, 2.45) is 5.92 Å². The number of ether oxygens (including phenoxy) is 3. The number of nitrogens with one attached hydrogen (secondary N) is 2. The molecule has 11 nitrogen and oxygen atoms in total. The Labute approximate surface area is 285 Å². The van der Waals surface area contributed by atoms with Gasteiger partial charge in [0.25, 0.3) is 0 Å². The molecular weight excluding hydrogens is 631 g/mol. The first-order chi connectivity index (χ1) is 23.4. The lowest BCUT2D eigenvalue weighted by Crippen LogP contribution is -2.55. The van der Waals surface area contributed by atoms with E-state index in [-0.39, 0.29) is 31.5 Å². The van der Waals surface area contributed by atoms with Gasteiger partial charge in [0.2, 0.25) is 5.91 Å². The molecule has 2 N–H and O–H groups in total. The van der Waals surface area contributed by atoms with Gasteiger partial charge in [0.15, 0.2) is 0 Å². The van der Waals surface area contributed by atoms with Crippen molar-refractivity contribution in [2.75, 3.05) is 13.1 Å². The number of likely N-dealkylation sites (tertiary alicyclic amines) is 2. The van der Waals surface area contributed by atoms with Crippen molar-refractivity contribution < 1.29 is 37.8 Å². The first-order valence-corrected chi connectivity index (χ1v) is 17.1. The number of hydrogen-bond donors (Lipinski definition) is 2. The molecule has 0 spiro atoms. The quantitative estimate of drug-likeness (QED) is 0.231. The largest absolute Gasteiger partial charge is 0.458 e. The van der Waals surface area contributed by atoms with Crippen LogP contribution in [0.25, 0.3) is 10.9 Å². The van der Waals surface area contributed by atoms with E-state index in [0.29, 0.717) is 5.52 Å². The van der Waals surface area contributed by atoms with E-state index >= 15 is 0 Å². The summed E-state index contributed by atoms with van der Waals surface area (Å²) < 4.78 is 31.4. The second-order valence-electron chi connectivity index (χ2n) is 14.4. The number of rotatable bonds is 7. The van der Waals surface area contributed by atoms with Gasteiger partial charge in [-0.15, -0.1) is 0 Å². The predicted octanol–water partition coefficient (Wildman–Crippen LogP) is 6.03. The van der Waals surface area contributed by atoms with E-state index in [9.17, 15) is 23.6 Å². The molecule has 6 rings (SSSR count). The summed E-state index contributed by atoms with van der Waals surface area (Å²) in [6.07, 6.45) is 4.08. The molecule has 5 atom stereocenters. The highest BCUT2D eigenvalue weighted by molar-refractivity contribution is 5.88. The highest BCUT2D eigenvalue weighted by Gasteiger charge is 2.59. The maximum Gasteiger partial charge on any atom is 0.410 e. The van der Waals surface area contributed by atoms with Crippen LogP contribution in [0, 0.1) is 11.7 Å². The standard InChI is InChI=1S/C37H45FN4O7/c1-22(43)48-30-20-41(34(44)31(24-13-9-6-10-14-24)40-35(45)49-37(2,3)4)32-28(27-18-39-29-17-25(38)15-16-26(27)29)19-42(33(30)32)36(46)47-21-23-11-7-5-8-12-23/h5,7-8,11-12,15-18,24,28,30-33,39H,6,9-10,13-14,19-21H2,1-4H3,(H,40,45)/t28-,30?,31?,32?,33?/m0/s1. The van der Waals surface area contributed by atoms with Gasteiger partial charge < -0.3 is 29.4 Å². The van der Waals surface area contributed by atoms with E-state index in [0.717, 1.165) is 48.6 Å². The van der Waals surface area contributed by atoms with Crippen LogP contribution in [-0.4, -0.2) is 81.8 Å². The second kappa shape index (κ2) is 14.1. The maximum atomic E-state index is 14.9. The molecular formula is C37H45FN4O7. The van der Waals surface area contributed by atoms with Crippen LogP contribution in [0.3, 0.4) is 0 Å². The summed E-state index contributed by atoms with van der Waals surface area (Å²) in [5, 5.41) is 3.65. The highest BCUT2D eigenvalue weighted by atomic mass is 19.1. The van der Waals surface area contributed by atoms with Crippen molar-refractivity contribution in [3.8, 4) is 0 Å². The topological polar surface area (TPSA) is 130 Å². The summed E-state index contributed by atoms with van der Waals surface area (Å²) >= 11 is 0. The minimum Gasteiger partial charge on any atom is -0.458 e. The molecule has 4 unspecified atom stereocenters. The van der Waals surface area contributed by atoms with E-state index in [1.807, 2.05) is 30.3 Å². The fourth-order valence-electron chi connectivity index (χ4n) is 7.84. The number of hydrogen-bond acceptors (Lipinski definition) is 7. The maximum absolute atomic E-state index is 14.9. The van der Waals surface area contributed by atoms with Crippen molar-refractivity contribution >= 4 is 35.0 Å². The average Bonchev–Trinajstić information content (AvgIpc) is 3.75. The number of aromatic amines is 1. The summed E-state index contributed by atoms with van der Waals surface area (Å²) in [4.78, 5) is 60.7. The lowest BCUT2D eigenvalue weighted by Gasteiger charge is -2.36. The number of carbonyl (C=O) groups is 4. The third-order valence-electron chi connectivity index (χ3n) is 9.81. The van der Waals surface area contributed by atoms with Crippen molar-refractivity contribution in [2.45, 2.75) is 102 Å². The summed E-state index contributed by atoms with van der Waals surface area (Å²) in [7, 11) is 0. The molecule has 3 heterocycles. The van der Waals surface area contributed by atoms with E-state index < -0.39 is 59.7 Å². The molecule has 2 saturated heterocycles. The van der Waals surface area contributed by atoms with Crippen LogP contribution in [-0.2, 0) is 30.4 Å². The van der Waals surface area contributed by atoms with Gasteiger partial charge in [0.1, 0.15) is 30.2 Å². The van der Waals surface area contributed by atoms with Crippen molar-refractivity contribution in [1.82, 2.24) is 20.1 Å². The number of aromatic nitrogens is 1. The molecule has 262 valence electrons. The Morgan fingerprint density at radius 2 is 1.71 bits per heavy atom. The lowest BCUT2D eigenvalue weighted by atomic mass is 9.83. The molecule has 0 radical (unpaired) electrons. The van der Waals surface area contributed by atoms with Gasteiger partial charge in [-0.05, 0) is 68.9 Å². The number of carbonyl (C=O) groups excluding carboxylic acids is 4. The van der Waals surface area contributed by atoms with Crippen LogP contribution >= 0.6 is 0 Å².